The topological polar surface area (TPSA) is 58.3 Å². The molecule has 84 valence electrons. The van der Waals surface area contributed by atoms with E-state index >= 15 is 0 Å². The van der Waals surface area contributed by atoms with E-state index in [1.54, 1.807) is 18.3 Å². The highest BCUT2D eigenvalue weighted by Gasteiger charge is 2.12. The smallest absolute Gasteiger partial charge is 0.423 e. The second kappa shape index (κ2) is 4.27. The molecule has 4 nitrogen and oxygen atoms in total. The quantitative estimate of drug-likeness (QED) is 0.732. The monoisotopic (exact) mass is 218 g/mol. The lowest BCUT2D eigenvalue weighted by Crippen LogP contribution is -2.29. The summed E-state index contributed by atoms with van der Waals surface area (Å²) < 4.78 is 1.94. The van der Waals surface area contributed by atoms with E-state index < -0.39 is 7.12 Å². The van der Waals surface area contributed by atoms with Crippen molar-refractivity contribution in [2.24, 2.45) is 5.92 Å². The van der Waals surface area contributed by atoms with Gasteiger partial charge in [0.15, 0.2) is 0 Å². The van der Waals surface area contributed by atoms with Gasteiger partial charge >= 0.3 is 7.12 Å². The van der Waals surface area contributed by atoms with E-state index in [4.69, 9.17) is 10.0 Å². The second-order valence-corrected chi connectivity index (χ2v) is 4.41. The molecule has 1 aromatic carbocycles. The SMILES string of the molecule is CC(C)Cn1ncc2cc(B(O)O)ccc21. The molecule has 0 bridgehead atoms. The molecule has 0 unspecified atom stereocenters. The molecule has 0 aliphatic carbocycles. The number of hydrogen-bond acceptors (Lipinski definition) is 3. The van der Waals surface area contributed by atoms with Gasteiger partial charge in [0.2, 0.25) is 0 Å². The van der Waals surface area contributed by atoms with Crippen molar-refractivity contribution in [3.8, 4) is 0 Å². The molecule has 0 atom stereocenters. The van der Waals surface area contributed by atoms with E-state index in [0.717, 1.165) is 17.4 Å². The van der Waals surface area contributed by atoms with Crippen LogP contribution in [0, 0.1) is 5.92 Å². The van der Waals surface area contributed by atoms with Crippen LogP contribution < -0.4 is 5.46 Å². The van der Waals surface area contributed by atoms with Crippen LogP contribution in [-0.4, -0.2) is 26.9 Å². The van der Waals surface area contributed by atoms with Gasteiger partial charge in [0, 0.05) is 11.9 Å². The summed E-state index contributed by atoms with van der Waals surface area (Å²) in [6, 6.07) is 5.34. The maximum atomic E-state index is 9.06. The standard InChI is InChI=1S/C11H15BN2O2/c1-8(2)7-14-11-4-3-10(12(15)16)5-9(11)6-13-14/h3-6,8,15-16H,7H2,1-2H3. The minimum Gasteiger partial charge on any atom is -0.423 e. The van der Waals surface area contributed by atoms with Crippen molar-refractivity contribution >= 4 is 23.5 Å². The van der Waals surface area contributed by atoms with Crippen LogP contribution in [0.2, 0.25) is 0 Å². The average Bonchev–Trinajstić information content (AvgIpc) is 2.60. The van der Waals surface area contributed by atoms with Gasteiger partial charge in [-0.05, 0) is 17.4 Å². The van der Waals surface area contributed by atoms with Gasteiger partial charge in [0.25, 0.3) is 0 Å². The molecule has 0 radical (unpaired) electrons. The normalized spacial score (nSPS) is 11.3. The largest absolute Gasteiger partial charge is 0.488 e. The Morgan fingerprint density at radius 2 is 2.12 bits per heavy atom. The Balaban J connectivity index is 2.42. The first-order chi connectivity index (χ1) is 7.58. The van der Waals surface area contributed by atoms with Crippen molar-refractivity contribution in [2.45, 2.75) is 20.4 Å². The summed E-state index contributed by atoms with van der Waals surface area (Å²) in [5.74, 6) is 0.534. The van der Waals surface area contributed by atoms with Crippen molar-refractivity contribution in [1.82, 2.24) is 9.78 Å². The van der Waals surface area contributed by atoms with Crippen LogP contribution >= 0.6 is 0 Å². The molecule has 0 spiro atoms. The van der Waals surface area contributed by atoms with Crippen LogP contribution in [0.3, 0.4) is 0 Å². The highest BCUT2D eigenvalue weighted by Crippen LogP contribution is 2.13. The van der Waals surface area contributed by atoms with E-state index in [9.17, 15) is 0 Å². The fourth-order valence-corrected chi connectivity index (χ4v) is 1.76. The van der Waals surface area contributed by atoms with Gasteiger partial charge in [0.1, 0.15) is 0 Å². The predicted molar refractivity (Wildman–Crippen MR) is 64.4 cm³/mol. The average molecular weight is 218 g/mol. The van der Waals surface area contributed by atoms with Gasteiger partial charge in [-0.2, -0.15) is 5.10 Å². The third-order valence-corrected chi connectivity index (χ3v) is 2.50. The molecular weight excluding hydrogens is 203 g/mol. The Morgan fingerprint density at radius 3 is 2.75 bits per heavy atom. The highest BCUT2D eigenvalue weighted by molar-refractivity contribution is 6.58. The van der Waals surface area contributed by atoms with Gasteiger partial charge in [-0.3, -0.25) is 4.68 Å². The summed E-state index contributed by atoms with van der Waals surface area (Å²) in [6.45, 7) is 5.14. The van der Waals surface area contributed by atoms with Crippen LogP contribution in [0.25, 0.3) is 10.9 Å². The van der Waals surface area contributed by atoms with E-state index in [2.05, 4.69) is 18.9 Å². The Labute approximate surface area is 94.7 Å². The molecule has 16 heavy (non-hydrogen) atoms. The summed E-state index contributed by atoms with van der Waals surface area (Å²) in [5.41, 5.74) is 1.52. The third kappa shape index (κ3) is 2.10. The van der Waals surface area contributed by atoms with Crippen LogP contribution in [0.5, 0.6) is 0 Å². The molecular formula is C11H15BN2O2. The van der Waals surface area contributed by atoms with Crippen molar-refractivity contribution in [1.29, 1.82) is 0 Å². The molecule has 0 saturated carbocycles. The zero-order chi connectivity index (χ0) is 11.7. The molecule has 0 amide bonds. The minimum absolute atomic E-state index is 0.497. The first-order valence-corrected chi connectivity index (χ1v) is 5.39. The van der Waals surface area contributed by atoms with Crippen molar-refractivity contribution < 1.29 is 10.0 Å². The number of benzene rings is 1. The zero-order valence-corrected chi connectivity index (χ0v) is 9.46. The maximum Gasteiger partial charge on any atom is 0.488 e. The molecule has 2 rings (SSSR count). The molecule has 1 aromatic heterocycles. The fraction of sp³-hybridized carbons (Fsp3) is 0.364. The summed E-state index contributed by atoms with van der Waals surface area (Å²) in [6.07, 6.45) is 1.75. The highest BCUT2D eigenvalue weighted by atomic mass is 16.4. The molecule has 0 aliphatic heterocycles. The molecule has 0 aliphatic rings. The summed E-state index contributed by atoms with van der Waals surface area (Å²) in [4.78, 5) is 0. The first-order valence-electron chi connectivity index (χ1n) is 5.39. The van der Waals surface area contributed by atoms with E-state index in [1.807, 2.05) is 10.7 Å². The number of fused-ring (bicyclic) bond motifs is 1. The van der Waals surface area contributed by atoms with Crippen LogP contribution in [0.4, 0.5) is 0 Å². The van der Waals surface area contributed by atoms with Crippen molar-refractivity contribution in [3.05, 3.63) is 24.4 Å². The summed E-state index contributed by atoms with van der Waals surface area (Å²) in [7, 11) is -1.42. The Morgan fingerprint density at radius 1 is 1.38 bits per heavy atom. The van der Waals surface area contributed by atoms with E-state index in [1.165, 1.54) is 0 Å². The number of hydrogen-bond donors (Lipinski definition) is 2. The zero-order valence-electron chi connectivity index (χ0n) is 9.46. The number of rotatable bonds is 3. The van der Waals surface area contributed by atoms with Crippen molar-refractivity contribution in [2.75, 3.05) is 0 Å². The number of aromatic nitrogens is 2. The lowest BCUT2D eigenvalue weighted by molar-refractivity contribution is 0.426. The van der Waals surface area contributed by atoms with Crippen molar-refractivity contribution in [3.63, 3.8) is 0 Å². The van der Waals surface area contributed by atoms with Crippen LogP contribution in [0.15, 0.2) is 24.4 Å². The molecule has 1 heterocycles. The minimum atomic E-state index is -1.42. The van der Waals surface area contributed by atoms with E-state index in [-0.39, 0.29) is 0 Å². The van der Waals surface area contributed by atoms with Gasteiger partial charge in [0.05, 0.1) is 11.7 Å². The van der Waals surface area contributed by atoms with Gasteiger partial charge in [-0.25, -0.2) is 0 Å². The Kier molecular flexibility index (Phi) is 2.98. The maximum absolute atomic E-state index is 9.06. The fourth-order valence-electron chi connectivity index (χ4n) is 1.76. The molecule has 0 saturated heterocycles. The lowest BCUT2D eigenvalue weighted by atomic mass is 9.80. The first kappa shape index (κ1) is 11.2. The van der Waals surface area contributed by atoms with Crippen LogP contribution in [-0.2, 0) is 6.54 Å². The third-order valence-electron chi connectivity index (χ3n) is 2.50. The summed E-state index contributed by atoms with van der Waals surface area (Å²) in [5, 5.41) is 23.4. The molecule has 2 N–H and O–H groups in total. The van der Waals surface area contributed by atoms with Gasteiger partial charge in [-0.1, -0.05) is 26.0 Å². The molecule has 5 heteroatoms. The Bertz CT molecular complexity index is 494. The number of nitrogens with zero attached hydrogens (tertiary/aromatic N) is 2. The lowest BCUT2D eigenvalue weighted by Gasteiger charge is -2.06. The second-order valence-electron chi connectivity index (χ2n) is 4.41. The molecule has 2 aromatic rings. The Hall–Kier alpha value is -1.33. The van der Waals surface area contributed by atoms with E-state index in [0.29, 0.717) is 11.4 Å². The molecule has 0 fully saturated rings. The summed E-state index contributed by atoms with van der Waals surface area (Å²) >= 11 is 0. The van der Waals surface area contributed by atoms with Gasteiger partial charge in [-0.15, -0.1) is 0 Å². The van der Waals surface area contributed by atoms with Gasteiger partial charge < -0.3 is 10.0 Å². The van der Waals surface area contributed by atoms with Crippen LogP contribution in [0.1, 0.15) is 13.8 Å². The predicted octanol–water partition coefficient (Wildman–Crippen LogP) is 0.372.